The van der Waals surface area contributed by atoms with Gasteiger partial charge in [-0.25, -0.2) is 0 Å². The van der Waals surface area contributed by atoms with Crippen LogP contribution in [0.25, 0.3) is 0 Å². The highest BCUT2D eigenvalue weighted by atomic mass is 16.5. The molecule has 3 heteroatoms. The molecule has 1 saturated carbocycles. The lowest BCUT2D eigenvalue weighted by Crippen LogP contribution is -3.10. The zero-order valence-electron chi connectivity index (χ0n) is 8.30. The lowest BCUT2D eigenvalue weighted by molar-refractivity contribution is -0.853. The van der Waals surface area contributed by atoms with Gasteiger partial charge in [0.1, 0.15) is 0 Å². The summed E-state index contributed by atoms with van der Waals surface area (Å²) in [4.78, 5) is 2.54. The molecule has 0 spiro atoms. The maximum atomic E-state index is 11.1. The van der Waals surface area contributed by atoms with Crippen molar-refractivity contribution in [2.45, 2.75) is 38.1 Å². The number of quaternary nitrogens is 1. The van der Waals surface area contributed by atoms with E-state index in [1.54, 1.807) is 0 Å². The molecule has 0 aromatic heterocycles. The molecule has 0 unspecified atom stereocenters. The molecule has 1 heterocycles. The van der Waals surface area contributed by atoms with Gasteiger partial charge in [0.05, 0.1) is 13.1 Å². The van der Waals surface area contributed by atoms with Gasteiger partial charge in [0, 0.05) is 19.1 Å². The van der Waals surface area contributed by atoms with Crippen LogP contribution in [-0.2, 0) is 0 Å². The molecule has 76 valence electrons. The van der Waals surface area contributed by atoms with Crippen molar-refractivity contribution < 1.29 is 5.06 Å². The third-order valence-electron chi connectivity index (χ3n) is 3.45. The lowest BCUT2D eigenvalue weighted by Gasteiger charge is -2.40. The summed E-state index contributed by atoms with van der Waals surface area (Å²) in [6.45, 7) is 3.67. The van der Waals surface area contributed by atoms with E-state index in [4.69, 9.17) is 0 Å². The molecule has 0 amide bonds. The van der Waals surface area contributed by atoms with Crippen molar-refractivity contribution in [1.82, 2.24) is 4.90 Å². The number of piperazine rings is 1. The standard InChI is InChI=1S/C10H20N2O/c13-12-8-6-11(7-9-12)10-4-2-1-3-5-10/h10,12H,1-9H2. The Kier molecular flexibility index (Phi) is 3.19. The van der Waals surface area contributed by atoms with Crippen LogP contribution in [-0.4, -0.2) is 37.1 Å². The van der Waals surface area contributed by atoms with E-state index in [-0.39, 0.29) is 0 Å². The van der Waals surface area contributed by atoms with E-state index in [1.807, 2.05) is 0 Å². The number of hydrogen-bond donors (Lipinski definition) is 1. The zero-order chi connectivity index (χ0) is 9.10. The summed E-state index contributed by atoms with van der Waals surface area (Å²) < 4.78 is 0. The van der Waals surface area contributed by atoms with Crippen LogP contribution >= 0.6 is 0 Å². The average molecular weight is 184 g/mol. The fourth-order valence-corrected chi connectivity index (χ4v) is 2.58. The normalized spacial score (nSPS) is 29.3. The minimum absolute atomic E-state index is 0.465. The molecule has 0 aromatic rings. The van der Waals surface area contributed by atoms with Crippen molar-refractivity contribution in [1.29, 1.82) is 0 Å². The summed E-state index contributed by atoms with van der Waals surface area (Å²) in [6.07, 6.45) is 6.95. The molecule has 1 saturated heterocycles. The molecular weight excluding hydrogens is 164 g/mol. The quantitative estimate of drug-likeness (QED) is 0.582. The Balaban J connectivity index is 1.79. The molecule has 3 nitrogen and oxygen atoms in total. The Morgan fingerprint density at radius 1 is 1.00 bits per heavy atom. The van der Waals surface area contributed by atoms with Crippen molar-refractivity contribution >= 4 is 0 Å². The van der Waals surface area contributed by atoms with Crippen LogP contribution in [0.2, 0.25) is 0 Å². The number of rotatable bonds is 1. The zero-order valence-corrected chi connectivity index (χ0v) is 8.30. The van der Waals surface area contributed by atoms with Crippen LogP contribution < -0.4 is 5.06 Å². The van der Waals surface area contributed by atoms with E-state index >= 15 is 0 Å². The Hall–Kier alpha value is -0.120. The summed E-state index contributed by atoms with van der Waals surface area (Å²) in [7, 11) is 0. The minimum atomic E-state index is 0.465. The molecule has 1 aliphatic carbocycles. The van der Waals surface area contributed by atoms with Gasteiger partial charge >= 0.3 is 0 Å². The molecule has 0 radical (unpaired) electrons. The lowest BCUT2D eigenvalue weighted by atomic mass is 9.94. The van der Waals surface area contributed by atoms with Crippen molar-refractivity contribution in [3.8, 4) is 0 Å². The van der Waals surface area contributed by atoms with Crippen LogP contribution in [0, 0.1) is 5.21 Å². The first kappa shape index (κ1) is 9.44. The largest absolute Gasteiger partial charge is 0.634 e. The highest BCUT2D eigenvalue weighted by Crippen LogP contribution is 2.22. The monoisotopic (exact) mass is 184 g/mol. The number of hydroxylamine groups is 2. The van der Waals surface area contributed by atoms with Gasteiger partial charge in [-0.05, 0) is 12.8 Å². The first-order valence-electron chi connectivity index (χ1n) is 5.62. The SMILES string of the molecule is [O-][NH+]1CCN(C2CCCCC2)CC1. The van der Waals surface area contributed by atoms with E-state index in [9.17, 15) is 5.21 Å². The van der Waals surface area contributed by atoms with Gasteiger partial charge < -0.3 is 10.3 Å². The fraction of sp³-hybridized carbons (Fsp3) is 1.00. The van der Waals surface area contributed by atoms with E-state index in [0.29, 0.717) is 5.06 Å². The molecule has 2 rings (SSSR count). The molecule has 0 bridgehead atoms. The van der Waals surface area contributed by atoms with E-state index in [2.05, 4.69) is 4.90 Å². The van der Waals surface area contributed by atoms with Gasteiger partial charge in [-0.2, -0.15) is 0 Å². The summed E-state index contributed by atoms with van der Waals surface area (Å²) in [6, 6.07) is 0.807. The maximum Gasteiger partial charge on any atom is 0.0897 e. The second-order valence-electron chi connectivity index (χ2n) is 4.37. The molecule has 13 heavy (non-hydrogen) atoms. The van der Waals surface area contributed by atoms with Gasteiger partial charge in [-0.3, -0.25) is 4.90 Å². The van der Waals surface area contributed by atoms with Crippen LogP contribution in [0.4, 0.5) is 0 Å². The molecular formula is C10H20N2O. The van der Waals surface area contributed by atoms with Crippen molar-refractivity contribution in [3.63, 3.8) is 0 Å². The Labute approximate surface area is 80.3 Å². The molecule has 1 aliphatic heterocycles. The van der Waals surface area contributed by atoms with Gasteiger partial charge in [0.25, 0.3) is 0 Å². The smallest absolute Gasteiger partial charge is 0.0897 e. The van der Waals surface area contributed by atoms with Gasteiger partial charge in [-0.15, -0.1) is 0 Å². The summed E-state index contributed by atoms with van der Waals surface area (Å²) in [5.74, 6) is 0. The topological polar surface area (TPSA) is 30.7 Å². The van der Waals surface area contributed by atoms with Crippen LogP contribution in [0.1, 0.15) is 32.1 Å². The van der Waals surface area contributed by atoms with Crippen LogP contribution in [0.5, 0.6) is 0 Å². The van der Waals surface area contributed by atoms with E-state index in [1.165, 1.54) is 32.1 Å². The van der Waals surface area contributed by atoms with E-state index < -0.39 is 0 Å². The third kappa shape index (κ3) is 2.42. The maximum absolute atomic E-state index is 11.1. The first-order valence-corrected chi connectivity index (χ1v) is 5.62. The molecule has 2 aliphatic rings. The number of hydrogen-bond acceptors (Lipinski definition) is 2. The Morgan fingerprint density at radius 2 is 1.62 bits per heavy atom. The summed E-state index contributed by atoms with van der Waals surface area (Å²) >= 11 is 0. The third-order valence-corrected chi connectivity index (χ3v) is 3.45. The summed E-state index contributed by atoms with van der Waals surface area (Å²) in [5.41, 5.74) is 0. The van der Waals surface area contributed by atoms with E-state index in [0.717, 1.165) is 32.2 Å². The fourth-order valence-electron chi connectivity index (χ4n) is 2.58. The second-order valence-corrected chi connectivity index (χ2v) is 4.37. The van der Waals surface area contributed by atoms with Crippen molar-refractivity contribution in [2.24, 2.45) is 0 Å². The van der Waals surface area contributed by atoms with Crippen molar-refractivity contribution in [3.05, 3.63) is 5.21 Å². The molecule has 1 N–H and O–H groups in total. The average Bonchev–Trinajstić information content (AvgIpc) is 2.20. The minimum Gasteiger partial charge on any atom is -0.634 e. The highest BCUT2D eigenvalue weighted by Gasteiger charge is 2.24. The Bertz CT molecular complexity index is 149. The van der Waals surface area contributed by atoms with Gasteiger partial charge in [0.2, 0.25) is 0 Å². The number of nitrogens with zero attached hydrogens (tertiary/aromatic N) is 1. The Morgan fingerprint density at radius 3 is 2.23 bits per heavy atom. The molecule has 2 fully saturated rings. The summed E-state index contributed by atoms with van der Waals surface area (Å²) in [5, 5.41) is 11.5. The van der Waals surface area contributed by atoms with Gasteiger partial charge in [0.15, 0.2) is 0 Å². The molecule has 0 atom stereocenters. The van der Waals surface area contributed by atoms with Crippen molar-refractivity contribution in [2.75, 3.05) is 26.2 Å². The first-order chi connectivity index (χ1) is 6.36. The predicted molar refractivity (Wildman–Crippen MR) is 52.5 cm³/mol. The van der Waals surface area contributed by atoms with Crippen LogP contribution in [0.3, 0.4) is 0 Å². The molecule has 0 aromatic carbocycles. The van der Waals surface area contributed by atoms with Crippen LogP contribution in [0.15, 0.2) is 0 Å². The second kappa shape index (κ2) is 4.40. The highest BCUT2D eigenvalue weighted by molar-refractivity contribution is 4.76. The number of nitrogens with one attached hydrogen (secondary N) is 1. The predicted octanol–water partition coefficient (Wildman–Crippen LogP) is 0.0174. The van der Waals surface area contributed by atoms with Gasteiger partial charge in [-0.1, -0.05) is 19.3 Å².